The second-order valence-electron chi connectivity index (χ2n) is 4.95. The van der Waals surface area contributed by atoms with E-state index in [-0.39, 0.29) is 11.9 Å². The van der Waals surface area contributed by atoms with Crippen molar-refractivity contribution in [1.29, 1.82) is 0 Å². The summed E-state index contributed by atoms with van der Waals surface area (Å²) in [6.45, 7) is 7.92. The lowest BCUT2D eigenvalue weighted by atomic mass is 10.1. The molecule has 0 aliphatic rings. The van der Waals surface area contributed by atoms with Crippen LogP contribution in [0.25, 0.3) is 5.69 Å². The second-order valence-corrected chi connectivity index (χ2v) is 4.95. The molecule has 0 unspecified atom stereocenters. The van der Waals surface area contributed by atoms with Crippen LogP contribution in [0.3, 0.4) is 0 Å². The summed E-state index contributed by atoms with van der Waals surface area (Å²) in [5.74, 6) is -0.204. The molecule has 0 bridgehead atoms. The normalized spacial score (nSPS) is 10.8. The van der Waals surface area contributed by atoms with Gasteiger partial charge in [-0.1, -0.05) is 11.3 Å². The summed E-state index contributed by atoms with van der Waals surface area (Å²) >= 11 is 0. The van der Waals surface area contributed by atoms with Gasteiger partial charge in [-0.05, 0) is 51.0 Å². The Kier molecular flexibility index (Phi) is 3.64. The third kappa shape index (κ3) is 2.99. The summed E-state index contributed by atoms with van der Waals surface area (Å²) in [6.07, 6.45) is 1.64. The maximum Gasteiger partial charge on any atom is 0.273 e. The van der Waals surface area contributed by atoms with Crippen molar-refractivity contribution in [3.05, 3.63) is 41.2 Å². The third-order valence-corrected chi connectivity index (χ3v) is 2.90. The van der Waals surface area contributed by atoms with Crippen LogP contribution in [-0.4, -0.2) is 26.9 Å². The Balaban J connectivity index is 2.25. The van der Waals surface area contributed by atoms with Crippen LogP contribution in [0.4, 0.5) is 0 Å². The number of carbonyl (C=O) groups excluding carboxylic acids is 1. The van der Waals surface area contributed by atoms with E-state index in [0.717, 1.165) is 5.69 Å². The highest BCUT2D eigenvalue weighted by Gasteiger charge is 2.12. The van der Waals surface area contributed by atoms with Crippen LogP contribution in [-0.2, 0) is 0 Å². The van der Waals surface area contributed by atoms with Gasteiger partial charge in [0, 0.05) is 6.04 Å². The maximum atomic E-state index is 11.8. The van der Waals surface area contributed by atoms with Gasteiger partial charge in [-0.25, -0.2) is 4.68 Å². The Morgan fingerprint density at radius 2 is 2.00 bits per heavy atom. The first-order chi connectivity index (χ1) is 8.97. The van der Waals surface area contributed by atoms with E-state index < -0.39 is 0 Å². The number of nitrogens with zero attached hydrogens (tertiary/aromatic N) is 3. The summed E-state index contributed by atoms with van der Waals surface area (Å²) in [5, 5.41) is 10.7. The first-order valence-electron chi connectivity index (χ1n) is 6.28. The van der Waals surface area contributed by atoms with E-state index in [1.54, 1.807) is 10.9 Å². The highest BCUT2D eigenvalue weighted by molar-refractivity contribution is 5.92. The number of aromatic nitrogens is 3. The standard InChI is InChI=1S/C14H18N4O/c1-9(2)15-14(19)13-8-18(17-16-13)12-6-5-10(3)11(4)7-12/h5-9H,1-4H3,(H,15,19). The van der Waals surface area contributed by atoms with E-state index >= 15 is 0 Å². The number of amides is 1. The van der Waals surface area contributed by atoms with Crippen molar-refractivity contribution in [2.75, 3.05) is 0 Å². The van der Waals surface area contributed by atoms with E-state index in [0.29, 0.717) is 5.69 Å². The first-order valence-corrected chi connectivity index (χ1v) is 6.28. The van der Waals surface area contributed by atoms with Gasteiger partial charge in [0.05, 0.1) is 11.9 Å². The third-order valence-electron chi connectivity index (χ3n) is 2.90. The largest absolute Gasteiger partial charge is 0.348 e. The van der Waals surface area contributed by atoms with Gasteiger partial charge >= 0.3 is 0 Å². The molecule has 5 heteroatoms. The van der Waals surface area contributed by atoms with Crippen molar-refractivity contribution in [2.24, 2.45) is 0 Å². The van der Waals surface area contributed by atoms with Crippen LogP contribution >= 0.6 is 0 Å². The van der Waals surface area contributed by atoms with Gasteiger partial charge in [0.25, 0.3) is 5.91 Å². The summed E-state index contributed by atoms with van der Waals surface area (Å²) in [5.41, 5.74) is 3.63. The minimum Gasteiger partial charge on any atom is -0.348 e. The highest BCUT2D eigenvalue weighted by atomic mass is 16.2. The molecule has 100 valence electrons. The molecule has 0 fully saturated rings. The molecule has 19 heavy (non-hydrogen) atoms. The Morgan fingerprint density at radius 3 is 2.63 bits per heavy atom. The number of aryl methyl sites for hydroxylation is 2. The van der Waals surface area contributed by atoms with E-state index in [1.165, 1.54) is 11.1 Å². The van der Waals surface area contributed by atoms with Gasteiger partial charge < -0.3 is 5.32 Å². The van der Waals surface area contributed by atoms with Crippen LogP contribution in [0, 0.1) is 13.8 Å². The topological polar surface area (TPSA) is 59.8 Å². The molecule has 0 saturated carbocycles. The van der Waals surface area contributed by atoms with Gasteiger partial charge in [-0.15, -0.1) is 5.10 Å². The summed E-state index contributed by atoms with van der Waals surface area (Å²) in [4.78, 5) is 11.8. The van der Waals surface area contributed by atoms with Crippen LogP contribution in [0.2, 0.25) is 0 Å². The van der Waals surface area contributed by atoms with Crippen LogP contribution in [0.15, 0.2) is 24.4 Å². The highest BCUT2D eigenvalue weighted by Crippen LogP contribution is 2.13. The Morgan fingerprint density at radius 1 is 1.26 bits per heavy atom. The van der Waals surface area contributed by atoms with Gasteiger partial charge in [-0.2, -0.15) is 0 Å². The van der Waals surface area contributed by atoms with Crippen molar-refractivity contribution in [2.45, 2.75) is 33.7 Å². The molecule has 1 heterocycles. The molecule has 2 rings (SSSR count). The average Bonchev–Trinajstić information content (AvgIpc) is 2.81. The smallest absolute Gasteiger partial charge is 0.273 e. The van der Waals surface area contributed by atoms with Crippen molar-refractivity contribution >= 4 is 5.91 Å². The molecule has 0 aliphatic carbocycles. The zero-order valence-corrected chi connectivity index (χ0v) is 11.6. The molecular weight excluding hydrogens is 240 g/mol. The molecule has 2 aromatic rings. The molecule has 0 saturated heterocycles. The van der Waals surface area contributed by atoms with Crippen molar-refractivity contribution in [3.8, 4) is 5.69 Å². The predicted molar refractivity (Wildman–Crippen MR) is 73.4 cm³/mol. The number of nitrogens with one attached hydrogen (secondary N) is 1. The summed E-state index contributed by atoms with van der Waals surface area (Å²) in [6, 6.07) is 6.09. The van der Waals surface area contributed by atoms with E-state index in [4.69, 9.17) is 0 Å². The Hall–Kier alpha value is -2.17. The van der Waals surface area contributed by atoms with Crippen molar-refractivity contribution in [3.63, 3.8) is 0 Å². The fourth-order valence-corrected chi connectivity index (χ4v) is 1.70. The summed E-state index contributed by atoms with van der Waals surface area (Å²) in [7, 11) is 0. The number of hydrogen-bond donors (Lipinski definition) is 1. The number of hydrogen-bond acceptors (Lipinski definition) is 3. The molecule has 0 spiro atoms. The molecule has 0 radical (unpaired) electrons. The molecular formula is C14H18N4O. The number of rotatable bonds is 3. The lowest BCUT2D eigenvalue weighted by Gasteiger charge is -2.05. The van der Waals surface area contributed by atoms with Gasteiger partial charge in [-0.3, -0.25) is 4.79 Å². The van der Waals surface area contributed by atoms with Gasteiger partial charge in [0.2, 0.25) is 0 Å². The lowest BCUT2D eigenvalue weighted by Crippen LogP contribution is -2.30. The maximum absolute atomic E-state index is 11.8. The minimum absolute atomic E-state index is 0.0827. The Labute approximate surface area is 112 Å². The summed E-state index contributed by atoms with van der Waals surface area (Å²) < 4.78 is 1.61. The molecule has 1 aromatic heterocycles. The van der Waals surface area contributed by atoms with E-state index in [9.17, 15) is 4.79 Å². The van der Waals surface area contributed by atoms with Crippen LogP contribution in [0.1, 0.15) is 35.5 Å². The Bertz CT molecular complexity index is 601. The monoisotopic (exact) mass is 258 g/mol. The molecule has 1 N–H and O–H groups in total. The molecule has 1 amide bonds. The van der Waals surface area contributed by atoms with Crippen LogP contribution in [0.5, 0.6) is 0 Å². The molecule has 1 aromatic carbocycles. The average molecular weight is 258 g/mol. The van der Waals surface area contributed by atoms with Crippen molar-refractivity contribution < 1.29 is 4.79 Å². The zero-order chi connectivity index (χ0) is 14.0. The lowest BCUT2D eigenvalue weighted by molar-refractivity contribution is 0.0938. The number of benzene rings is 1. The van der Waals surface area contributed by atoms with Gasteiger partial charge in [0.15, 0.2) is 5.69 Å². The first kappa shape index (κ1) is 13.3. The number of carbonyl (C=O) groups is 1. The quantitative estimate of drug-likeness (QED) is 0.916. The SMILES string of the molecule is Cc1ccc(-n2cc(C(=O)NC(C)C)nn2)cc1C. The molecule has 0 atom stereocenters. The second kappa shape index (κ2) is 5.22. The minimum atomic E-state index is -0.204. The predicted octanol–water partition coefficient (Wildman–Crippen LogP) is 2.02. The van der Waals surface area contributed by atoms with E-state index in [1.807, 2.05) is 39.0 Å². The van der Waals surface area contributed by atoms with E-state index in [2.05, 4.69) is 22.6 Å². The van der Waals surface area contributed by atoms with Crippen molar-refractivity contribution in [1.82, 2.24) is 20.3 Å². The molecule has 0 aliphatic heterocycles. The zero-order valence-electron chi connectivity index (χ0n) is 11.6. The van der Waals surface area contributed by atoms with Gasteiger partial charge in [0.1, 0.15) is 0 Å². The molecule has 5 nitrogen and oxygen atoms in total. The van der Waals surface area contributed by atoms with Crippen LogP contribution < -0.4 is 5.32 Å². The fourth-order valence-electron chi connectivity index (χ4n) is 1.70. The fraction of sp³-hybridized carbons (Fsp3) is 0.357.